The van der Waals surface area contributed by atoms with Crippen molar-refractivity contribution in [3.63, 3.8) is 0 Å². The van der Waals surface area contributed by atoms with Crippen LogP contribution in [0.5, 0.6) is 0 Å². The highest BCUT2D eigenvalue weighted by molar-refractivity contribution is 7.89. The average molecular weight is 389 g/mol. The number of alkyl halides is 3. The minimum absolute atomic E-state index is 0.153. The van der Waals surface area contributed by atoms with Gasteiger partial charge in [0.1, 0.15) is 12.6 Å². The van der Waals surface area contributed by atoms with Crippen molar-refractivity contribution in [1.82, 2.24) is 4.72 Å². The van der Waals surface area contributed by atoms with Crippen molar-refractivity contribution in [1.29, 1.82) is 0 Å². The molecule has 0 aliphatic rings. The Hall–Kier alpha value is -1.76. The van der Waals surface area contributed by atoms with Gasteiger partial charge in [0, 0.05) is 5.56 Å². The second kappa shape index (κ2) is 7.64. The molecule has 3 N–H and O–H groups in total. The number of aliphatic hydroxyl groups is 1. The lowest BCUT2D eigenvalue weighted by atomic mass is 9.98. The summed E-state index contributed by atoms with van der Waals surface area (Å²) < 4.78 is 83.0. The summed E-state index contributed by atoms with van der Waals surface area (Å²) >= 11 is 0. The van der Waals surface area contributed by atoms with E-state index in [2.05, 4.69) is 0 Å². The molecule has 0 fully saturated rings. The smallest absolute Gasteiger partial charge is 0.416 e. The number of carboxylic acids is 1. The van der Waals surface area contributed by atoms with Crippen molar-refractivity contribution in [3.05, 3.63) is 35.1 Å². The summed E-state index contributed by atoms with van der Waals surface area (Å²) in [5, 5.41) is 17.4. The monoisotopic (exact) mass is 389 g/mol. The molecular formula is C13H15F4NO6S. The second-order valence-electron chi connectivity index (χ2n) is 5.06. The maximum atomic E-state index is 13.2. The molecule has 142 valence electrons. The summed E-state index contributed by atoms with van der Waals surface area (Å²) in [4.78, 5) is 10.5. The maximum absolute atomic E-state index is 13.2. The number of carbonyl (C=O) groups is 1. The van der Waals surface area contributed by atoms with Crippen LogP contribution in [0.15, 0.2) is 18.2 Å². The molecule has 0 spiro atoms. The van der Waals surface area contributed by atoms with Gasteiger partial charge < -0.3 is 14.9 Å². The summed E-state index contributed by atoms with van der Waals surface area (Å²) in [6, 6.07) is 1.47. The average Bonchev–Trinajstić information content (AvgIpc) is 2.43. The van der Waals surface area contributed by atoms with Crippen molar-refractivity contribution in [2.45, 2.75) is 25.2 Å². The van der Waals surface area contributed by atoms with Crippen LogP contribution in [0.1, 0.15) is 24.5 Å². The molecule has 0 bridgehead atoms. The number of rotatable bonds is 8. The van der Waals surface area contributed by atoms with Gasteiger partial charge in [0.15, 0.2) is 5.72 Å². The molecule has 1 rings (SSSR count). The Morgan fingerprint density at radius 3 is 2.36 bits per heavy atom. The Kier molecular flexibility index (Phi) is 6.50. The van der Waals surface area contributed by atoms with Gasteiger partial charge in [-0.2, -0.15) is 17.9 Å². The Bertz CT molecular complexity index is 737. The van der Waals surface area contributed by atoms with Crippen molar-refractivity contribution >= 4 is 16.0 Å². The van der Waals surface area contributed by atoms with Crippen LogP contribution < -0.4 is 4.72 Å². The number of hydrogen-bond donors (Lipinski definition) is 3. The summed E-state index contributed by atoms with van der Waals surface area (Å²) in [6.07, 6.45) is -5.84. The molecule has 0 radical (unpaired) electrons. The Balaban J connectivity index is 3.38. The first kappa shape index (κ1) is 21.3. The van der Waals surface area contributed by atoms with Crippen LogP contribution in [0, 0.1) is 5.82 Å². The zero-order valence-corrected chi connectivity index (χ0v) is 13.6. The van der Waals surface area contributed by atoms with Gasteiger partial charge in [0.05, 0.1) is 17.7 Å². The third kappa shape index (κ3) is 5.92. The number of aliphatic carboxylic acids is 1. The lowest BCUT2D eigenvalue weighted by Gasteiger charge is -2.32. The molecule has 0 aliphatic carbocycles. The summed E-state index contributed by atoms with van der Waals surface area (Å²) in [6.45, 7) is -0.281. The van der Waals surface area contributed by atoms with Crippen LogP contribution in [0.25, 0.3) is 0 Å². The van der Waals surface area contributed by atoms with E-state index < -0.39 is 63.8 Å². The highest BCUT2D eigenvalue weighted by Crippen LogP contribution is 2.38. The Morgan fingerprint density at radius 1 is 1.28 bits per heavy atom. The summed E-state index contributed by atoms with van der Waals surface area (Å²) in [5.74, 6) is -3.58. The van der Waals surface area contributed by atoms with Gasteiger partial charge in [0.25, 0.3) is 0 Å². The predicted molar refractivity (Wildman–Crippen MR) is 76.1 cm³/mol. The number of carboxylic acid groups (broad SMARTS) is 1. The molecular weight excluding hydrogens is 374 g/mol. The van der Waals surface area contributed by atoms with Gasteiger partial charge in [-0.3, -0.25) is 4.79 Å². The number of benzene rings is 1. The first-order valence-corrected chi connectivity index (χ1v) is 8.31. The zero-order chi connectivity index (χ0) is 19.5. The number of aliphatic hydroxyl groups excluding tert-OH is 1. The number of ether oxygens (including phenoxy) is 1. The predicted octanol–water partition coefficient (Wildman–Crippen LogP) is 1.38. The standard InChI is InChI=1S/C13H15F4NO6S/c1-12(24-7-19,18-25(22,23)5-4-11(20)21)9-3-2-8(14)6-10(9)13(15,16)17/h2-3,6,18-19H,4-5,7H2,1H3,(H,20,21). The molecule has 1 unspecified atom stereocenters. The molecule has 0 heterocycles. The van der Waals surface area contributed by atoms with Crippen LogP contribution >= 0.6 is 0 Å². The molecule has 0 amide bonds. The molecule has 12 heteroatoms. The van der Waals surface area contributed by atoms with Crippen molar-refractivity contribution < 1.29 is 45.7 Å². The van der Waals surface area contributed by atoms with Crippen LogP contribution in [0.4, 0.5) is 17.6 Å². The largest absolute Gasteiger partial charge is 0.481 e. The van der Waals surface area contributed by atoms with Gasteiger partial charge in [0.2, 0.25) is 10.0 Å². The minimum Gasteiger partial charge on any atom is -0.481 e. The van der Waals surface area contributed by atoms with Crippen molar-refractivity contribution in [2.24, 2.45) is 0 Å². The molecule has 7 nitrogen and oxygen atoms in total. The molecule has 0 saturated carbocycles. The highest BCUT2D eigenvalue weighted by Gasteiger charge is 2.42. The van der Waals surface area contributed by atoms with Gasteiger partial charge in [-0.25, -0.2) is 12.8 Å². The van der Waals surface area contributed by atoms with E-state index in [-0.39, 0.29) is 6.07 Å². The molecule has 0 saturated heterocycles. The topological polar surface area (TPSA) is 113 Å². The number of halogens is 4. The third-order valence-corrected chi connectivity index (χ3v) is 4.53. The van der Waals surface area contributed by atoms with E-state index in [9.17, 15) is 30.8 Å². The lowest BCUT2D eigenvalue weighted by molar-refractivity contribution is -0.149. The van der Waals surface area contributed by atoms with E-state index in [1.165, 1.54) is 0 Å². The van der Waals surface area contributed by atoms with Crippen molar-refractivity contribution in [2.75, 3.05) is 12.5 Å². The van der Waals surface area contributed by atoms with Crippen LogP contribution in [0.2, 0.25) is 0 Å². The molecule has 0 aliphatic heterocycles. The van der Waals surface area contributed by atoms with Gasteiger partial charge in [-0.05, 0) is 19.1 Å². The SMILES string of the molecule is CC(NS(=O)(=O)CCC(=O)O)(OCO)c1ccc(F)cc1C(F)(F)F. The third-order valence-electron chi connectivity index (χ3n) is 3.09. The van der Waals surface area contributed by atoms with Crippen molar-refractivity contribution in [3.8, 4) is 0 Å². The summed E-state index contributed by atoms with van der Waals surface area (Å²) in [7, 11) is -4.41. The maximum Gasteiger partial charge on any atom is 0.416 e. The number of hydrogen-bond acceptors (Lipinski definition) is 5. The number of nitrogens with one attached hydrogen (secondary N) is 1. The van der Waals surface area contributed by atoms with E-state index in [4.69, 9.17) is 14.9 Å². The Morgan fingerprint density at radius 2 is 1.88 bits per heavy atom. The van der Waals surface area contributed by atoms with E-state index in [0.29, 0.717) is 12.1 Å². The van der Waals surface area contributed by atoms with E-state index in [0.717, 1.165) is 6.92 Å². The number of sulfonamides is 1. The van der Waals surface area contributed by atoms with E-state index in [1.807, 2.05) is 0 Å². The second-order valence-corrected chi connectivity index (χ2v) is 6.90. The lowest BCUT2D eigenvalue weighted by Crippen LogP contribution is -2.48. The molecule has 1 aromatic rings. The first-order valence-electron chi connectivity index (χ1n) is 6.66. The zero-order valence-electron chi connectivity index (χ0n) is 12.8. The normalized spacial score (nSPS) is 15.0. The van der Waals surface area contributed by atoms with Gasteiger partial charge in [-0.15, -0.1) is 0 Å². The molecule has 0 aromatic heterocycles. The summed E-state index contributed by atoms with van der Waals surface area (Å²) in [5.41, 5.74) is -4.72. The highest BCUT2D eigenvalue weighted by atomic mass is 32.2. The molecule has 1 aromatic carbocycles. The van der Waals surface area contributed by atoms with E-state index >= 15 is 0 Å². The van der Waals surface area contributed by atoms with Crippen LogP contribution in [-0.4, -0.2) is 37.1 Å². The van der Waals surface area contributed by atoms with Gasteiger partial charge in [-0.1, -0.05) is 6.07 Å². The quantitative estimate of drug-likeness (QED) is 0.457. The fourth-order valence-corrected chi connectivity index (χ4v) is 3.34. The van der Waals surface area contributed by atoms with Crippen LogP contribution in [-0.2, 0) is 31.5 Å². The fraction of sp³-hybridized carbons (Fsp3) is 0.462. The van der Waals surface area contributed by atoms with Crippen LogP contribution in [0.3, 0.4) is 0 Å². The Labute approximate surface area is 140 Å². The van der Waals surface area contributed by atoms with E-state index in [1.54, 1.807) is 4.72 Å². The molecule has 25 heavy (non-hydrogen) atoms. The minimum atomic E-state index is -5.04. The fourth-order valence-electron chi connectivity index (χ4n) is 2.03. The first-order chi connectivity index (χ1) is 11.3. The van der Waals surface area contributed by atoms with Gasteiger partial charge >= 0.3 is 12.1 Å². The molecule has 1 atom stereocenters.